The molecule has 0 radical (unpaired) electrons. The van der Waals surface area contributed by atoms with Gasteiger partial charge in [0.05, 0.1) is 23.7 Å². The number of nitrogens with zero attached hydrogens (tertiary/aromatic N) is 2. The Morgan fingerprint density at radius 3 is 2.70 bits per heavy atom. The maximum atomic E-state index is 13.5. The second-order valence-corrected chi connectivity index (χ2v) is 11.7. The molecule has 37 heavy (non-hydrogen) atoms. The van der Waals surface area contributed by atoms with Gasteiger partial charge in [-0.05, 0) is 63.8 Å². The van der Waals surface area contributed by atoms with Gasteiger partial charge >= 0.3 is 0 Å². The van der Waals surface area contributed by atoms with Crippen LogP contribution in [0.3, 0.4) is 0 Å². The molecule has 1 aliphatic carbocycles. The average Bonchev–Trinajstić information content (AvgIpc) is 3.60. The topological polar surface area (TPSA) is 118 Å². The van der Waals surface area contributed by atoms with Gasteiger partial charge in [-0.15, -0.1) is 0 Å². The van der Waals surface area contributed by atoms with Crippen molar-refractivity contribution >= 4 is 17.8 Å². The van der Waals surface area contributed by atoms with Gasteiger partial charge < -0.3 is 15.4 Å². The number of hydrogen-bond donors (Lipinski definition) is 3. The SMILES string of the molecule is CC1(C)CC(=O)N([C@H](c2cccc(C#N)c2)C2C[C@H]2C(=O)N[C@H]2CC(C)(C)Oc3ccccc32)C(=N)N1. The van der Waals surface area contributed by atoms with E-state index >= 15 is 0 Å². The Morgan fingerprint density at radius 1 is 1.22 bits per heavy atom. The molecule has 8 heteroatoms. The molecule has 2 fully saturated rings. The number of guanidine groups is 1. The molecular weight excluding hydrogens is 466 g/mol. The van der Waals surface area contributed by atoms with Crippen molar-refractivity contribution in [1.82, 2.24) is 15.5 Å². The minimum atomic E-state index is -0.521. The quantitative estimate of drug-likeness (QED) is 0.570. The van der Waals surface area contributed by atoms with Crippen molar-refractivity contribution in [2.45, 2.75) is 70.2 Å². The highest BCUT2D eigenvalue weighted by Crippen LogP contribution is 2.51. The van der Waals surface area contributed by atoms with Crippen LogP contribution in [0.5, 0.6) is 5.75 Å². The van der Waals surface area contributed by atoms with Crippen molar-refractivity contribution in [2.75, 3.05) is 0 Å². The fourth-order valence-corrected chi connectivity index (χ4v) is 5.76. The van der Waals surface area contributed by atoms with Gasteiger partial charge in [-0.2, -0.15) is 5.26 Å². The number of nitrogens with one attached hydrogen (secondary N) is 3. The van der Waals surface area contributed by atoms with E-state index in [2.05, 4.69) is 16.7 Å². The molecule has 2 aromatic rings. The Bertz CT molecular complexity index is 1290. The van der Waals surface area contributed by atoms with Crippen LogP contribution in [-0.2, 0) is 9.59 Å². The van der Waals surface area contributed by atoms with Crippen LogP contribution in [0.2, 0.25) is 0 Å². The average molecular weight is 500 g/mol. The first-order valence-electron chi connectivity index (χ1n) is 12.8. The lowest BCUT2D eigenvalue weighted by Crippen LogP contribution is -2.60. The fourth-order valence-electron chi connectivity index (χ4n) is 5.76. The fraction of sp³-hybridized carbons (Fsp3) is 0.448. The lowest BCUT2D eigenvalue weighted by molar-refractivity contribution is -0.133. The molecule has 1 saturated heterocycles. The number of amides is 2. The molecule has 5 rings (SSSR count). The number of rotatable bonds is 5. The third-order valence-electron chi connectivity index (χ3n) is 7.47. The standard InChI is InChI=1S/C29H33N5O3/c1-28(2)15-24(35)34(27(31)33-28)25(18-9-7-8-17(12-18)16-30)20-13-21(20)26(36)32-22-14-29(3,4)37-23-11-6-5-10-19(22)23/h5-12,20-22,25H,13-15H2,1-4H3,(H2,31,33)(H,32,36)/t20?,21-,22+,25-/m1/s1. The Balaban J connectivity index is 1.41. The van der Waals surface area contributed by atoms with E-state index in [-0.39, 0.29) is 42.1 Å². The summed E-state index contributed by atoms with van der Waals surface area (Å²) >= 11 is 0. The summed E-state index contributed by atoms with van der Waals surface area (Å²) in [5.74, 6) is 0.123. The molecule has 4 atom stereocenters. The monoisotopic (exact) mass is 499 g/mol. The second-order valence-electron chi connectivity index (χ2n) is 11.7. The van der Waals surface area contributed by atoms with Crippen LogP contribution in [0.25, 0.3) is 0 Å². The van der Waals surface area contributed by atoms with Crippen molar-refractivity contribution in [3.05, 3.63) is 65.2 Å². The normalized spacial score (nSPS) is 26.1. The van der Waals surface area contributed by atoms with Crippen molar-refractivity contribution in [3.63, 3.8) is 0 Å². The Hall–Kier alpha value is -3.86. The van der Waals surface area contributed by atoms with Crippen molar-refractivity contribution in [2.24, 2.45) is 11.8 Å². The van der Waals surface area contributed by atoms with Gasteiger partial charge in [0.2, 0.25) is 11.8 Å². The van der Waals surface area contributed by atoms with Crippen LogP contribution in [-0.4, -0.2) is 33.8 Å². The van der Waals surface area contributed by atoms with E-state index < -0.39 is 17.2 Å². The van der Waals surface area contributed by atoms with Gasteiger partial charge in [-0.3, -0.25) is 19.9 Å². The molecule has 0 bridgehead atoms. The first kappa shape index (κ1) is 24.8. The summed E-state index contributed by atoms with van der Waals surface area (Å²) in [6, 6.07) is 16.4. The largest absolute Gasteiger partial charge is 0.487 e. The Kier molecular flexibility index (Phi) is 5.98. The van der Waals surface area contributed by atoms with E-state index in [9.17, 15) is 14.9 Å². The molecule has 1 unspecified atom stereocenters. The summed E-state index contributed by atoms with van der Waals surface area (Å²) in [6.07, 6.45) is 1.48. The molecule has 2 aromatic carbocycles. The van der Waals surface area contributed by atoms with E-state index in [4.69, 9.17) is 10.1 Å². The predicted octanol–water partition coefficient (Wildman–Crippen LogP) is 4.19. The zero-order valence-corrected chi connectivity index (χ0v) is 21.7. The van der Waals surface area contributed by atoms with Gasteiger partial charge in [-0.25, -0.2) is 0 Å². The van der Waals surface area contributed by atoms with Gasteiger partial charge in [0.25, 0.3) is 0 Å². The summed E-state index contributed by atoms with van der Waals surface area (Å²) < 4.78 is 6.11. The van der Waals surface area contributed by atoms with Gasteiger partial charge in [0.15, 0.2) is 5.96 Å². The van der Waals surface area contributed by atoms with Crippen molar-refractivity contribution in [1.29, 1.82) is 10.7 Å². The lowest BCUT2D eigenvalue weighted by Gasteiger charge is -2.42. The molecule has 2 heterocycles. The van der Waals surface area contributed by atoms with E-state index in [1.54, 1.807) is 18.2 Å². The van der Waals surface area contributed by atoms with Crippen LogP contribution in [0, 0.1) is 28.6 Å². The lowest BCUT2D eigenvalue weighted by atomic mass is 9.89. The number of carbonyl (C=O) groups excluding carboxylic acids is 2. The smallest absolute Gasteiger partial charge is 0.232 e. The van der Waals surface area contributed by atoms with E-state index in [0.29, 0.717) is 18.4 Å². The third kappa shape index (κ3) is 4.91. The number of nitriles is 1. The molecule has 2 aliphatic heterocycles. The summed E-state index contributed by atoms with van der Waals surface area (Å²) in [5.41, 5.74) is 1.27. The summed E-state index contributed by atoms with van der Waals surface area (Å²) in [4.78, 5) is 28.3. The molecule has 2 amide bonds. The number of fused-ring (bicyclic) bond motifs is 1. The molecule has 3 N–H and O–H groups in total. The van der Waals surface area contributed by atoms with E-state index in [1.165, 1.54) is 4.90 Å². The van der Waals surface area contributed by atoms with Crippen molar-refractivity contribution < 1.29 is 14.3 Å². The van der Waals surface area contributed by atoms with Gasteiger partial charge in [-0.1, -0.05) is 30.3 Å². The molecule has 1 saturated carbocycles. The maximum absolute atomic E-state index is 13.5. The molecule has 3 aliphatic rings. The second kappa shape index (κ2) is 8.91. The van der Waals surface area contributed by atoms with Crippen LogP contribution in [0.15, 0.2) is 48.5 Å². The number of para-hydroxylation sites is 1. The minimum Gasteiger partial charge on any atom is -0.487 e. The highest BCUT2D eigenvalue weighted by atomic mass is 16.5. The molecule has 0 aromatic heterocycles. The number of benzene rings is 2. The zero-order valence-electron chi connectivity index (χ0n) is 21.7. The summed E-state index contributed by atoms with van der Waals surface area (Å²) in [6.45, 7) is 7.82. The molecule has 192 valence electrons. The minimum absolute atomic E-state index is 0.0276. The summed E-state index contributed by atoms with van der Waals surface area (Å²) in [7, 11) is 0. The van der Waals surface area contributed by atoms with Crippen LogP contribution in [0.1, 0.15) is 75.7 Å². The molecule has 8 nitrogen and oxygen atoms in total. The predicted molar refractivity (Wildman–Crippen MR) is 139 cm³/mol. The Labute approximate surface area is 217 Å². The van der Waals surface area contributed by atoms with Crippen molar-refractivity contribution in [3.8, 4) is 11.8 Å². The van der Waals surface area contributed by atoms with E-state index in [1.807, 2.05) is 58.0 Å². The molecular formula is C29H33N5O3. The third-order valence-corrected chi connectivity index (χ3v) is 7.47. The van der Waals surface area contributed by atoms with Crippen LogP contribution >= 0.6 is 0 Å². The number of ether oxygens (including phenoxy) is 1. The number of carbonyl (C=O) groups is 2. The highest BCUT2D eigenvalue weighted by molar-refractivity contribution is 5.99. The Morgan fingerprint density at radius 2 is 1.97 bits per heavy atom. The van der Waals surface area contributed by atoms with E-state index in [0.717, 1.165) is 16.9 Å². The highest BCUT2D eigenvalue weighted by Gasteiger charge is 2.53. The van der Waals surface area contributed by atoms with Crippen LogP contribution < -0.4 is 15.4 Å². The van der Waals surface area contributed by atoms with Gasteiger partial charge in [0, 0.05) is 29.9 Å². The first-order valence-corrected chi connectivity index (χ1v) is 12.8. The van der Waals surface area contributed by atoms with Gasteiger partial charge in [0.1, 0.15) is 11.4 Å². The number of hydrogen-bond acceptors (Lipinski definition) is 5. The van der Waals surface area contributed by atoms with Crippen LogP contribution in [0.4, 0.5) is 0 Å². The molecule has 0 spiro atoms. The first-order chi connectivity index (χ1) is 17.5. The summed E-state index contributed by atoms with van der Waals surface area (Å²) in [5, 5.41) is 24.5. The maximum Gasteiger partial charge on any atom is 0.232 e. The zero-order chi connectivity index (χ0) is 26.5.